The maximum absolute atomic E-state index is 5.83. The topological polar surface area (TPSA) is 43.8 Å². The van der Waals surface area contributed by atoms with Crippen LogP contribution in [0.15, 0.2) is 18.2 Å². The molecule has 0 radical (unpaired) electrons. The summed E-state index contributed by atoms with van der Waals surface area (Å²) in [6.45, 7) is 4.21. The third-order valence-electron chi connectivity index (χ3n) is 3.89. The van der Waals surface area contributed by atoms with Crippen molar-refractivity contribution in [2.75, 3.05) is 0 Å². The maximum atomic E-state index is 5.83. The molecule has 1 aromatic carbocycles. The molecule has 1 aliphatic carbocycles. The van der Waals surface area contributed by atoms with Gasteiger partial charge in [0.2, 0.25) is 0 Å². The highest BCUT2D eigenvalue weighted by Gasteiger charge is 2.27. The van der Waals surface area contributed by atoms with Crippen LogP contribution in [0.1, 0.15) is 50.0 Å². The Balaban J connectivity index is 1.91. The molecule has 0 amide bonds. The van der Waals surface area contributed by atoms with Crippen LogP contribution < -0.4 is 5.73 Å². The van der Waals surface area contributed by atoms with E-state index in [-0.39, 0.29) is 0 Å². The SMILES string of the molecule is Cc1ccc2c(c1)nc(CCCC(C)N)n2C1CC1. The fraction of sp³-hybridized carbons (Fsp3) is 0.562. The number of hydrogen-bond donors (Lipinski definition) is 1. The second-order valence-corrected chi connectivity index (χ2v) is 5.99. The summed E-state index contributed by atoms with van der Waals surface area (Å²) in [5, 5.41) is 0. The Labute approximate surface area is 114 Å². The molecule has 3 heteroatoms. The lowest BCUT2D eigenvalue weighted by Crippen LogP contribution is -2.15. The standard InChI is InChI=1S/C16H23N3/c1-11-6-9-15-14(10-11)18-16(5-3-4-12(2)17)19(15)13-7-8-13/h6,9-10,12-13H,3-5,7-8,17H2,1-2H3. The normalized spacial score (nSPS) is 17.0. The van der Waals surface area contributed by atoms with E-state index >= 15 is 0 Å². The first-order chi connectivity index (χ1) is 9.15. The van der Waals surface area contributed by atoms with Crippen molar-refractivity contribution in [3.63, 3.8) is 0 Å². The Bertz CT molecular complexity index is 579. The monoisotopic (exact) mass is 257 g/mol. The van der Waals surface area contributed by atoms with E-state index in [0.717, 1.165) is 24.8 Å². The van der Waals surface area contributed by atoms with Crippen LogP contribution in [0.25, 0.3) is 11.0 Å². The minimum absolute atomic E-state index is 0.293. The van der Waals surface area contributed by atoms with Crippen LogP contribution in [0, 0.1) is 6.92 Å². The third-order valence-corrected chi connectivity index (χ3v) is 3.89. The fourth-order valence-electron chi connectivity index (χ4n) is 2.76. The molecule has 2 N–H and O–H groups in total. The average Bonchev–Trinajstić information content (AvgIpc) is 3.11. The zero-order valence-corrected chi connectivity index (χ0v) is 11.9. The van der Waals surface area contributed by atoms with E-state index in [0.29, 0.717) is 12.1 Å². The van der Waals surface area contributed by atoms with Crippen molar-refractivity contribution in [1.29, 1.82) is 0 Å². The van der Waals surface area contributed by atoms with Crippen molar-refractivity contribution < 1.29 is 0 Å². The van der Waals surface area contributed by atoms with E-state index in [9.17, 15) is 0 Å². The van der Waals surface area contributed by atoms with Gasteiger partial charge in [0.1, 0.15) is 5.82 Å². The van der Waals surface area contributed by atoms with Crippen molar-refractivity contribution in [1.82, 2.24) is 9.55 Å². The molecular weight excluding hydrogens is 234 g/mol. The molecule has 1 heterocycles. The highest BCUT2D eigenvalue weighted by molar-refractivity contribution is 5.77. The average molecular weight is 257 g/mol. The molecule has 1 saturated carbocycles. The van der Waals surface area contributed by atoms with E-state index in [1.165, 1.54) is 29.7 Å². The van der Waals surface area contributed by atoms with Gasteiger partial charge in [-0.15, -0.1) is 0 Å². The van der Waals surface area contributed by atoms with E-state index in [4.69, 9.17) is 10.7 Å². The summed E-state index contributed by atoms with van der Waals surface area (Å²) in [4.78, 5) is 4.85. The number of hydrogen-bond acceptors (Lipinski definition) is 2. The first-order valence-corrected chi connectivity index (χ1v) is 7.38. The van der Waals surface area contributed by atoms with E-state index < -0.39 is 0 Å². The molecule has 2 aromatic rings. The molecule has 1 aliphatic rings. The van der Waals surface area contributed by atoms with Crippen LogP contribution in [0.4, 0.5) is 0 Å². The fourth-order valence-corrected chi connectivity index (χ4v) is 2.76. The molecule has 3 nitrogen and oxygen atoms in total. The number of nitrogens with two attached hydrogens (primary N) is 1. The number of rotatable bonds is 5. The zero-order chi connectivity index (χ0) is 13.4. The van der Waals surface area contributed by atoms with E-state index in [1.54, 1.807) is 0 Å². The summed E-state index contributed by atoms with van der Waals surface area (Å²) in [6, 6.07) is 7.60. The maximum Gasteiger partial charge on any atom is 0.110 e. The van der Waals surface area contributed by atoms with Gasteiger partial charge in [-0.2, -0.15) is 0 Å². The van der Waals surface area contributed by atoms with Crippen molar-refractivity contribution in [2.24, 2.45) is 5.73 Å². The minimum Gasteiger partial charge on any atom is -0.328 e. The minimum atomic E-state index is 0.293. The molecular formula is C16H23N3. The van der Waals surface area contributed by atoms with Gasteiger partial charge in [0, 0.05) is 18.5 Å². The molecule has 0 spiro atoms. The Morgan fingerprint density at radius 1 is 1.42 bits per heavy atom. The van der Waals surface area contributed by atoms with Gasteiger partial charge in [0.25, 0.3) is 0 Å². The summed E-state index contributed by atoms with van der Waals surface area (Å²) in [6.07, 6.45) is 5.87. The number of nitrogens with zero attached hydrogens (tertiary/aromatic N) is 2. The molecule has 1 fully saturated rings. The molecule has 102 valence electrons. The highest BCUT2D eigenvalue weighted by atomic mass is 15.1. The quantitative estimate of drug-likeness (QED) is 0.892. The van der Waals surface area contributed by atoms with E-state index in [1.807, 2.05) is 0 Å². The van der Waals surface area contributed by atoms with Crippen molar-refractivity contribution in [3.05, 3.63) is 29.6 Å². The van der Waals surface area contributed by atoms with Gasteiger partial charge in [-0.3, -0.25) is 0 Å². The summed E-state index contributed by atoms with van der Waals surface area (Å²) < 4.78 is 2.47. The predicted molar refractivity (Wildman–Crippen MR) is 79.3 cm³/mol. The third kappa shape index (κ3) is 2.66. The van der Waals surface area contributed by atoms with E-state index in [2.05, 4.69) is 36.6 Å². The van der Waals surface area contributed by atoms with Gasteiger partial charge < -0.3 is 10.3 Å². The first-order valence-electron chi connectivity index (χ1n) is 7.38. The Morgan fingerprint density at radius 3 is 2.89 bits per heavy atom. The molecule has 0 bridgehead atoms. The highest BCUT2D eigenvalue weighted by Crippen LogP contribution is 2.39. The Kier molecular flexibility index (Phi) is 3.31. The van der Waals surface area contributed by atoms with Crippen LogP contribution in [0.5, 0.6) is 0 Å². The molecule has 1 aromatic heterocycles. The lowest BCUT2D eigenvalue weighted by Gasteiger charge is -2.08. The van der Waals surface area contributed by atoms with Gasteiger partial charge in [-0.1, -0.05) is 6.07 Å². The molecule has 19 heavy (non-hydrogen) atoms. The summed E-state index contributed by atoms with van der Waals surface area (Å²) in [7, 11) is 0. The molecule has 3 rings (SSSR count). The number of aromatic nitrogens is 2. The van der Waals surface area contributed by atoms with Gasteiger partial charge >= 0.3 is 0 Å². The smallest absolute Gasteiger partial charge is 0.110 e. The molecule has 0 saturated heterocycles. The summed E-state index contributed by atoms with van der Waals surface area (Å²) in [5.41, 5.74) is 9.59. The number of aryl methyl sites for hydroxylation is 2. The van der Waals surface area contributed by atoms with Crippen LogP contribution >= 0.6 is 0 Å². The van der Waals surface area contributed by atoms with Gasteiger partial charge in [0.05, 0.1) is 11.0 Å². The summed E-state index contributed by atoms with van der Waals surface area (Å²) in [5.74, 6) is 1.25. The van der Waals surface area contributed by atoms with Gasteiger partial charge in [-0.05, 0) is 57.2 Å². The predicted octanol–water partition coefficient (Wildman–Crippen LogP) is 3.35. The van der Waals surface area contributed by atoms with Crippen LogP contribution in [-0.2, 0) is 6.42 Å². The van der Waals surface area contributed by atoms with Crippen molar-refractivity contribution in [2.45, 2.75) is 58.0 Å². The second kappa shape index (κ2) is 4.97. The molecule has 1 atom stereocenters. The van der Waals surface area contributed by atoms with Gasteiger partial charge in [0.15, 0.2) is 0 Å². The number of benzene rings is 1. The van der Waals surface area contributed by atoms with Crippen LogP contribution in [0.3, 0.4) is 0 Å². The Hall–Kier alpha value is -1.35. The lowest BCUT2D eigenvalue weighted by atomic mass is 10.1. The van der Waals surface area contributed by atoms with Crippen molar-refractivity contribution >= 4 is 11.0 Å². The Morgan fingerprint density at radius 2 is 2.21 bits per heavy atom. The lowest BCUT2D eigenvalue weighted by molar-refractivity contribution is 0.595. The van der Waals surface area contributed by atoms with Crippen molar-refractivity contribution in [3.8, 4) is 0 Å². The molecule has 0 aliphatic heterocycles. The van der Waals surface area contributed by atoms with Crippen LogP contribution in [0.2, 0.25) is 0 Å². The largest absolute Gasteiger partial charge is 0.328 e. The second-order valence-electron chi connectivity index (χ2n) is 5.99. The number of imidazole rings is 1. The molecule has 1 unspecified atom stereocenters. The number of fused-ring (bicyclic) bond motifs is 1. The zero-order valence-electron chi connectivity index (χ0n) is 11.9. The van der Waals surface area contributed by atoms with Crippen LogP contribution in [-0.4, -0.2) is 15.6 Å². The summed E-state index contributed by atoms with van der Waals surface area (Å²) >= 11 is 0. The first kappa shape index (κ1) is 12.7. The van der Waals surface area contributed by atoms with Gasteiger partial charge in [-0.25, -0.2) is 4.98 Å².